The van der Waals surface area contributed by atoms with Crippen LogP contribution in [0.4, 0.5) is 8.78 Å². The van der Waals surface area contributed by atoms with Gasteiger partial charge in [-0.2, -0.15) is 0 Å². The molecule has 1 rings (SSSR count). The van der Waals surface area contributed by atoms with E-state index in [1.807, 2.05) is 0 Å². The van der Waals surface area contributed by atoms with Crippen molar-refractivity contribution in [2.24, 2.45) is 10.9 Å². The number of amides is 1. The van der Waals surface area contributed by atoms with Crippen LogP contribution in [0.25, 0.3) is 0 Å². The van der Waals surface area contributed by atoms with Gasteiger partial charge in [0.05, 0.1) is 6.54 Å². The maximum Gasteiger partial charge on any atom is 0.254 e. The Balaban J connectivity index is 2.85. The molecule has 5 nitrogen and oxygen atoms in total. The topological polar surface area (TPSA) is 78.9 Å². The van der Waals surface area contributed by atoms with Gasteiger partial charge in [-0.05, 0) is 18.2 Å². The van der Waals surface area contributed by atoms with Crippen LogP contribution in [0.3, 0.4) is 0 Å². The second-order valence-corrected chi connectivity index (χ2v) is 3.38. The van der Waals surface area contributed by atoms with Crippen LogP contribution in [0.5, 0.6) is 0 Å². The minimum Gasteiger partial charge on any atom is -0.409 e. The summed E-state index contributed by atoms with van der Waals surface area (Å²) < 4.78 is 25.6. The summed E-state index contributed by atoms with van der Waals surface area (Å²) in [5.74, 6) is -2.85. The van der Waals surface area contributed by atoms with E-state index in [-0.39, 0.29) is 17.9 Å². The van der Waals surface area contributed by atoms with Gasteiger partial charge in [0.2, 0.25) is 0 Å². The first-order valence-electron chi connectivity index (χ1n) is 4.62. The molecule has 3 N–H and O–H groups in total. The molecular weight excluding hydrogens is 232 g/mol. The number of hydrogen-bond donors (Lipinski definition) is 2. The Bertz CT molecular complexity index is 463. The van der Waals surface area contributed by atoms with Crippen molar-refractivity contribution < 1.29 is 18.8 Å². The Morgan fingerprint density at radius 1 is 1.47 bits per heavy atom. The molecule has 0 spiro atoms. The number of benzene rings is 1. The number of rotatable bonds is 3. The molecule has 0 atom stereocenters. The lowest BCUT2D eigenvalue weighted by atomic mass is 10.2. The molecule has 0 aromatic heterocycles. The third-order valence-corrected chi connectivity index (χ3v) is 2.04. The zero-order valence-corrected chi connectivity index (χ0v) is 9.02. The standard InChI is InChI=1S/C10H11F2N3O2/c1-15(5-9(13)14-17)10(16)6-2-3-7(11)8(12)4-6/h2-4,17H,5H2,1H3,(H2,13,14). The second kappa shape index (κ2) is 5.24. The highest BCUT2D eigenvalue weighted by Crippen LogP contribution is 2.10. The summed E-state index contributed by atoms with van der Waals surface area (Å²) >= 11 is 0. The van der Waals surface area contributed by atoms with Crippen molar-refractivity contribution in [2.45, 2.75) is 0 Å². The van der Waals surface area contributed by atoms with Gasteiger partial charge in [0, 0.05) is 12.6 Å². The number of carbonyl (C=O) groups is 1. The Morgan fingerprint density at radius 3 is 2.65 bits per heavy atom. The largest absolute Gasteiger partial charge is 0.409 e. The minimum absolute atomic E-state index is 0.0165. The molecule has 17 heavy (non-hydrogen) atoms. The van der Waals surface area contributed by atoms with E-state index in [0.717, 1.165) is 23.1 Å². The summed E-state index contributed by atoms with van der Waals surface area (Å²) in [6.45, 7) is -0.117. The number of nitrogens with zero attached hydrogens (tertiary/aromatic N) is 2. The first kappa shape index (κ1) is 12.9. The van der Waals surface area contributed by atoms with E-state index in [9.17, 15) is 13.6 Å². The number of hydrogen-bond acceptors (Lipinski definition) is 3. The predicted molar refractivity (Wildman–Crippen MR) is 56.7 cm³/mol. The van der Waals surface area contributed by atoms with Crippen LogP contribution in [-0.2, 0) is 0 Å². The van der Waals surface area contributed by atoms with Gasteiger partial charge < -0.3 is 15.8 Å². The fraction of sp³-hybridized carbons (Fsp3) is 0.200. The van der Waals surface area contributed by atoms with E-state index < -0.39 is 17.5 Å². The first-order chi connectivity index (χ1) is 7.95. The average molecular weight is 243 g/mol. The highest BCUT2D eigenvalue weighted by molar-refractivity contribution is 5.96. The molecule has 7 heteroatoms. The van der Waals surface area contributed by atoms with Gasteiger partial charge in [-0.1, -0.05) is 5.16 Å². The molecule has 0 aliphatic heterocycles. The third-order valence-electron chi connectivity index (χ3n) is 2.04. The van der Waals surface area contributed by atoms with Crippen molar-refractivity contribution in [2.75, 3.05) is 13.6 Å². The maximum absolute atomic E-state index is 12.9. The van der Waals surface area contributed by atoms with Crippen LogP contribution >= 0.6 is 0 Å². The zero-order chi connectivity index (χ0) is 13.0. The molecule has 0 heterocycles. The Kier molecular flexibility index (Phi) is 3.97. The van der Waals surface area contributed by atoms with Crippen molar-refractivity contribution in [3.63, 3.8) is 0 Å². The molecule has 0 aliphatic carbocycles. The van der Waals surface area contributed by atoms with Crippen LogP contribution in [0, 0.1) is 11.6 Å². The van der Waals surface area contributed by atoms with E-state index in [1.54, 1.807) is 0 Å². The van der Waals surface area contributed by atoms with Crippen molar-refractivity contribution in [3.05, 3.63) is 35.4 Å². The molecule has 0 bridgehead atoms. The molecule has 0 fully saturated rings. The lowest BCUT2D eigenvalue weighted by Crippen LogP contribution is -2.35. The predicted octanol–water partition coefficient (Wildman–Crippen LogP) is 0.783. The molecule has 92 valence electrons. The van der Waals surface area contributed by atoms with Crippen molar-refractivity contribution in [1.82, 2.24) is 4.90 Å². The summed E-state index contributed by atoms with van der Waals surface area (Å²) in [4.78, 5) is 12.8. The van der Waals surface area contributed by atoms with Gasteiger partial charge in [-0.25, -0.2) is 8.78 Å². The second-order valence-electron chi connectivity index (χ2n) is 3.38. The van der Waals surface area contributed by atoms with E-state index in [1.165, 1.54) is 7.05 Å². The maximum atomic E-state index is 12.9. The van der Waals surface area contributed by atoms with E-state index in [0.29, 0.717) is 0 Å². The summed E-state index contributed by atoms with van der Waals surface area (Å²) in [6, 6.07) is 2.81. The third kappa shape index (κ3) is 3.13. The van der Waals surface area contributed by atoms with Crippen molar-refractivity contribution in [3.8, 4) is 0 Å². The molecule has 0 aliphatic rings. The van der Waals surface area contributed by atoms with Crippen molar-refractivity contribution >= 4 is 11.7 Å². The molecule has 1 amide bonds. The van der Waals surface area contributed by atoms with Crippen LogP contribution in [-0.4, -0.2) is 35.4 Å². The highest BCUT2D eigenvalue weighted by atomic mass is 19.2. The van der Waals surface area contributed by atoms with Gasteiger partial charge in [-0.15, -0.1) is 0 Å². The molecule has 0 saturated heterocycles. The van der Waals surface area contributed by atoms with Crippen LogP contribution in [0.1, 0.15) is 10.4 Å². The molecule has 1 aromatic rings. The number of likely N-dealkylation sites (N-methyl/N-ethyl adjacent to an activating group) is 1. The van der Waals surface area contributed by atoms with Crippen LogP contribution < -0.4 is 5.73 Å². The number of nitrogens with two attached hydrogens (primary N) is 1. The number of amidine groups is 1. The number of halogens is 2. The van der Waals surface area contributed by atoms with Gasteiger partial charge in [0.25, 0.3) is 5.91 Å². The van der Waals surface area contributed by atoms with Gasteiger partial charge in [0.1, 0.15) is 0 Å². The van der Waals surface area contributed by atoms with E-state index >= 15 is 0 Å². The number of carbonyl (C=O) groups excluding carboxylic acids is 1. The first-order valence-corrected chi connectivity index (χ1v) is 4.62. The SMILES string of the molecule is CN(CC(N)=NO)C(=O)c1ccc(F)c(F)c1. The molecule has 0 unspecified atom stereocenters. The highest BCUT2D eigenvalue weighted by Gasteiger charge is 2.14. The van der Waals surface area contributed by atoms with Gasteiger partial charge in [-0.3, -0.25) is 4.79 Å². The molecule has 0 radical (unpaired) electrons. The molecular formula is C10H11F2N3O2. The summed E-state index contributed by atoms with van der Waals surface area (Å²) in [7, 11) is 1.39. The molecule has 1 aromatic carbocycles. The lowest BCUT2D eigenvalue weighted by Gasteiger charge is -2.16. The monoisotopic (exact) mass is 243 g/mol. The van der Waals surface area contributed by atoms with Crippen LogP contribution in [0.15, 0.2) is 23.4 Å². The zero-order valence-electron chi connectivity index (χ0n) is 9.02. The Hall–Kier alpha value is -2.18. The fourth-order valence-corrected chi connectivity index (χ4v) is 1.20. The van der Waals surface area contributed by atoms with E-state index in [4.69, 9.17) is 10.9 Å². The minimum atomic E-state index is -1.10. The fourth-order valence-electron chi connectivity index (χ4n) is 1.20. The smallest absolute Gasteiger partial charge is 0.254 e. The quantitative estimate of drug-likeness (QED) is 0.356. The number of oxime groups is 1. The summed E-state index contributed by atoms with van der Waals surface area (Å²) in [5.41, 5.74) is 5.20. The average Bonchev–Trinajstić information content (AvgIpc) is 2.31. The van der Waals surface area contributed by atoms with Gasteiger partial charge >= 0.3 is 0 Å². The summed E-state index contributed by atoms with van der Waals surface area (Å²) in [6.07, 6.45) is 0. The lowest BCUT2D eigenvalue weighted by molar-refractivity contribution is 0.0813. The Labute approximate surface area is 96.1 Å². The molecule has 0 saturated carbocycles. The summed E-state index contributed by atoms with van der Waals surface area (Å²) in [5, 5.41) is 11.0. The van der Waals surface area contributed by atoms with Crippen LogP contribution in [0.2, 0.25) is 0 Å². The Morgan fingerprint density at radius 2 is 2.12 bits per heavy atom. The van der Waals surface area contributed by atoms with Crippen molar-refractivity contribution in [1.29, 1.82) is 0 Å². The van der Waals surface area contributed by atoms with Gasteiger partial charge in [0.15, 0.2) is 17.5 Å². The van der Waals surface area contributed by atoms with E-state index in [2.05, 4.69) is 5.16 Å². The normalized spacial score (nSPS) is 11.4.